The van der Waals surface area contributed by atoms with E-state index in [9.17, 15) is 4.79 Å². The van der Waals surface area contributed by atoms with Crippen LogP contribution in [0.2, 0.25) is 5.02 Å². The molecule has 0 unspecified atom stereocenters. The van der Waals surface area contributed by atoms with Crippen LogP contribution in [0.5, 0.6) is 0 Å². The van der Waals surface area contributed by atoms with Gasteiger partial charge in [-0.3, -0.25) is 4.79 Å². The highest BCUT2D eigenvalue weighted by Gasteiger charge is 2.27. The number of benzene rings is 1. The molecular weight excluding hydrogens is 226 g/mol. The number of aryl methyl sites for hydroxylation is 1. The molecule has 0 bridgehead atoms. The molecule has 0 aromatic heterocycles. The van der Waals surface area contributed by atoms with Crippen molar-refractivity contribution in [2.24, 2.45) is 5.41 Å². The van der Waals surface area contributed by atoms with Crippen molar-refractivity contribution >= 4 is 23.3 Å². The Bertz CT molecular complexity index is 382. The Labute approximate surface area is 100 Å². The van der Waals surface area contributed by atoms with Crippen LogP contribution in [0, 0.1) is 12.3 Å². The highest BCUT2D eigenvalue weighted by Crippen LogP contribution is 2.27. The molecule has 0 amide bonds. The molecular formula is C12H16ClNO2. The first-order valence-corrected chi connectivity index (χ1v) is 5.45. The van der Waals surface area contributed by atoms with Gasteiger partial charge in [0.25, 0.3) is 0 Å². The van der Waals surface area contributed by atoms with E-state index in [1.807, 2.05) is 19.1 Å². The van der Waals surface area contributed by atoms with E-state index in [4.69, 9.17) is 16.7 Å². The van der Waals surface area contributed by atoms with Crippen LogP contribution in [-0.2, 0) is 4.79 Å². The minimum absolute atomic E-state index is 0.340. The highest BCUT2D eigenvalue weighted by atomic mass is 35.5. The van der Waals surface area contributed by atoms with Gasteiger partial charge >= 0.3 is 5.97 Å². The quantitative estimate of drug-likeness (QED) is 0.851. The van der Waals surface area contributed by atoms with Crippen molar-refractivity contribution in [2.75, 3.05) is 11.9 Å². The van der Waals surface area contributed by atoms with Gasteiger partial charge in [0.15, 0.2) is 0 Å². The molecule has 2 N–H and O–H groups in total. The SMILES string of the molecule is Cc1cccc(Cl)c1NCC(C)(C)C(=O)O. The van der Waals surface area contributed by atoms with Crippen LogP contribution in [-0.4, -0.2) is 17.6 Å². The lowest BCUT2D eigenvalue weighted by Gasteiger charge is -2.21. The van der Waals surface area contributed by atoms with Gasteiger partial charge in [-0.2, -0.15) is 0 Å². The maximum atomic E-state index is 10.9. The Morgan fingerprint density at radius 2 is 2.12 bits per heavy atom. The van der Waals surface area contributed by atoms with Crippen molar-refractivity contribution in [3.05, 3.63) is 28.8 Å². The number of para-hydroxylation sites is 1. The average Bonchev–Trinajstić information content (AvgIpc) is 2.16. The average molecular weight is 242 g/mol. The zero-order chi connectivity index (χ0) is 12.3. The van der Waals surface area contributed by atoms with Crippen LogP contribution in [0.15, 0.2) is 18.2 Å². The number of carbonyl (C=O) groups is 1. The first-order valence-electron chi connectivity index (χ1n) is 5.07. The van der Waals surface area contributed by atoms with Crippen LogP contribution in [0.4, 0.5) is 5.69 Å². The van der Waals surface area contributed by atoms with Gasteiger partial charge in [-0.05, 0) is 32.4 Å². The van der Waals surface area contributed by atoms with Gasteiger partial charge in [0.05, 0.1) is 16.1 Å². The highest BCUT2D eigenvalue weighted by molar-refractivity contribution is 6.33. The summed E-state index contributed by atoms with van der Waals surface area (Å²) in [6, 6.07) is 5.58. The van der Waals surface area contributed by atoms with Crippen LogP contribution in [0.25, 0.3) is 0 Å². The van der Waals surface area contributed by atoms with E-state index in [2.05, 4.69) is 5.32 Å². The zero-order valence-corrected chi connectivity index (χ0v) is 10.4. The number of anilines is 1. The monoisotopic (exact) mass is 241 g/mol. The van der Waals surface area contributed by atoms with Crippen molar-refractivity contribution < 1.29 is 9.90 Å². The molecule has 0 aliphatic carbocycles. The van der Waals surface area contributed by atoms with Crippen molar-refractivity contribution in [1.82, 2.24) is 0 Å². The van der Waals surface area contributed by atoms with Gasteiger partial charge in [0, 0.05) is 6.54 Å². The molecule has 16 heavy (non-hydrogen) atoms. The Kier molecular flexibility index (Phi) is 3.81. The van der Waals surface area contributed by atoms with E-state index in [1.54, 1.807) is 19.9 Å². The topological polar surface area (TPSA) is 49.3 Å². The molecule has 0 aliphatic heterocycles. The third-order valence-electron chi connectivity index (χ3n) is 2.51. The third-order valence-corrected chi connectivity index (χ3v) is 2.82. The fraction of sp³-hybridized carbons (Fsp3) is 0.417. The van der Waals surface area contributed by atoms with Gasteiger partial charge in [-0.25, -0.2) is 0 Å². The molecule has 0 radical (unpaired) electrons. The second-order valence-electron chi connectivity index (χ2n) is 4.47. The van der Waals surface area contributed by atoms with E-state index in [-0.39, 0.29) is 0 Å². The number of carboxylic acids is 1. The minimum atomic E-state index is -0.829. The predicted octanol–water partition coefficient (Wildman–Crippen LogP) is 3.17. The molecule has 1 rings (SSSR count). The zero-order valence-electron chi connectivity index (χ0n) is 9.67. The molecule has 0 heterocycles. The lowest BCUT2D eigenvalue weighted by atomic mass is 9.93. The molecule has 0 fully saturated rings. The molecule has 0 aliphatic rings. The summed E-state index contributed by atoms with van der Waals surface area (Å²) in [7, 11) is 0. The Morgan fingerprint density at radius 3 is 2.62 bits per heavy atom. The smallest absolute Gasteiger partial charge is 0.310 e. The summed E-state index contributed by atoms with van der Waals surface area (Å²) in [4.78, 5) is 10.9. The molecule has 0 saturated carbocycles. The Morgan fingerprint density at radius 1 is 1.50 bits per heavy atom. The molecule has 1 aromatic rings. The van der Waals surface area contributed by atoms with Crippen molar-refractivity contribution in [3.8, 4) is 0 Å². The van der Waals surface area contributed by atoms with Gasteiger partial charge in [-0.1, -0.05) is 23.7 Å². The fourth-order valence-corrected chi connectivity index (χ4v) is 1.53. The standard InChI is InChI=1S/C12H16ClNO2/c1-8-5-4-6-9(13)10(8)14-7-12(2,3)11(15)16/h4-6,14H,7H2,1-3H3,(H,15,16). The number of nitrogens with one attached hydrogen (secondary N) is 1. The predicted molar refractivity (Wildman–Crippen MR) is 66.1 cm³/mol. The second kappa shape index (κ2) is 4.74. The van der Waals surface area contributed by atoms with E-state index in [0.717, 1.165) is 11.3 Å². The van der Waals surface area contributed by atoms with Crippen LogP contribution in [0.3, 0.4) is 0 Å². The third kappa shape index (κ3) is 2.89. The van der Waals surface area contributed by atoms with Crippen LogP contribution >= 0.6 is 11.6 Å². The van der Waals surface area contributed by atoms with Gasteiger partial charge in [-0.15, -0.1) is 0 Å². The van der Waals surface area contributed by atoms with Gasteiger partial charge in [0.1, 0.15) is 0 Å². The van der Waals surface area contributed by atoms with E-state index in [0.29, 0.717) is 11.6 Å². The van der Waals surface area contributed by atoms with E-state index < -0.39 is 11.4 Å². The van der Waals surface area contributed by atoms with Crippen LogP contribution < -0.4 is 5.32 Å². The summed E-state index contributed by atoms with van der Waals surface area (Å²) in [6.45, 7) is 5.62. The lowest BCUT2D eigenvalue weighted by molar-refractivity contribution is -0.146. The maximum Gasteiger partial charge on any atom is 0.310 e. The summed E-state index contributed by atoms with van der Waals surface area (Å²) in [5.74, 6) is -0.829. The van der Waals surface area contributed by atoms with Crippen molar-refractivity contribution in [3.63, 3.8) is 0 Å². The Balaban J connectivity index is 2.79. The second-order valence-corrected chi connectivity index (χ2v) is 4.88. The summed E-state index contributed by atoms with van der Waals surface area (Å²) in [6.07, 6.45) is 0. The molecule has 0 atom stereocenters. The number of rotatable bonds is 4. The number of halogens is 1. The van der Waals surface area contributed by atoms with E-state index >= 15 is 0 Å². The lowest BCUT2D eigenvalue weighted by Crippen LogP contribution is -2.32. The Hall–Kier alpha value is -1.22. The van der Waals surface area contributed by atoms with E-state index in [1.165, 1.54) is 0 Å². The van der Waals surface area contributed by atoms with Crippen molar-refractivity contribution in [2.45, 2.75) is 20.8 Å². The fourth-order valence-electron chi connectivity index (χ4n) is 1.24. The first kappa shape index (κ1) is 12.8. The molecule has 0 saturated heterocycles. The largest absolute Gasteiger partial charge is 0.481 e. The number of hydrogen-bond donors (Lipinski definition) is 2. The number of aliphatic carboxylic acids is 1. The van der Waals surface area contributed by atoms with Crippen molar-refractivity contribution in [1.29, 1.82) is 0 Å². The number of hydrogen-bond acceptors (Lipinski definition) is 2. The minimum Gasteiger partial charge on any atom is -0.481 e. The molecule has 88 valence electrons. The number of carboxylic acid groups (broad SMARTS) is 1. The van der Waals surface area contributed by atoms with Gasteiger partial charge in [0.2, 0.25) is 0 Å². The summed E-state index contributed by atoms with van der Waals surface area (Å²) >= 11 is 6.03. The summed E-state index contributed by atoms with van der Waals surface area (Å²) in [5.41, 5.74) is 0.998. The maximum absolute atomic E-state index is 10.9. The molecule has 1 aromatic carbocycles. The summed E-state index contributed by atoms with van der Waals surface area (Å²) in [5, 5.41) is 12.7. The molecule has 4 heteroatoms. The first-order chi connectivity index (χ1) is 7.34. The van der Waals surface area contributed by atoms with Crippen LogP contribution in [0.1, 0.15) is 19.4 Å². The summed E-state index contributed by atoms with van der Waals surface area (Å²) < 4.78 is 0. The molecule has 3 nitrogen and oxygen atoms in total. The van der Waals surface area contributed by atoms with Gasteiger partial charge < -0.3 is 10.4 Å². The molecule has 0 spiro atoms. The normalized spacial score (nSPS) is 11.2.